The molecule has 1 aliphatic rings. The summed E-state index contributed by atoms with van der Waals surface area (Å²) < 4.78 is 5.05. The lowest BCUT2D eigenvalue weighted by molar-refractivity contribution is 0.0996. The number of aromatic nitrogens is 3. The molecule has 1 amide bonds. The number of amides is 1. The van der Waals surface area contributed by atoms with E-state index in [1.165, 1.54) is 6.26 Å². The summed E-state index contributed by atoms with van der Waals surface area (Å²) in [4.78, 5) is 20.8. The lowest BCUT2D eigenvalue weighted by Gasteiger charge is -2.35. The van der Waals surface area contributed by atoms with Gasteiger partial charge in [-0.2, -0.15) is 0 Å². The molecule has 1 saturated heterocycles. The number of furan rings is 1. The summed E-state index contributed by atoms with van der Waals surface area (Å²) in [6.45, 7) is 3.41. The van der Waals surface area contributed by atoms with Crippen molar-refractivity contribution in [2.75, 3.05) is 41.3 Å². The van der Waals surface area contributed by atoms with Crippen LogP contribution in [0.5, 0.6) is 0 Å². The lowest BCUT2D eigenvalue weighted by atomic mass is 10.3. The third-order valence-corrected chi connectivity index (χ3v) is 4.21. The molecule has 8 heteroatoms. The first-order chi connectivity index (χ1) is 12.8. The highest BCUT2D eigenvalue weighted by Crippen LogP contribution is 2.17. The molecule has 0 aromatic carbocycles. The average Bonchev–Trinajstić information content (AvgIpc) is 3.25. The van der Waals surface area contributed by atoms with E-state index in [4.69, 9.17) is 4.42 Å². The van der Waals surface area contributed by atoms with Gasteiger partial charge in [0.05, 0.1) is 6.26 Å². The second kappa shape index (κ2) is 7.22. The number of rotatable bonds is 4. The van der Waals surface area contributed by atoms with E-state index < -0.39 is 0 Å². The SMILES string of the molecule is O=C(Nc1ccc(N2CCN(c3ccccn3)CC2)nn1)c1ccco1. The van der Waals surface area contributed by atoms with Crippen molar-refractivity contribution in [2.24, 2.45) is 0 Å². The van der Waals surface area contributed by atoms with Crippen molar-refractivity contribution in [2.45, 2.75) is 0 Å². The van der Waals surface area contributed by atoms with Crippen molar-refractivity contribution in [3.05, 3.63) is 60.7 Å². The molecule has 26 heavy (non-hydrogen) atoms. The van der Waals surface area contributed by atoms with Gasteiger partial charge in [0.25, 0.3) is 5.91 Å². The molecular formula is C18H18N6O2. The first-order valence-corrected chi connectivity index (χ1v) is 8.39. The van der Waals surface area contributed by atoms with Crippen molar-refractivity contribution in [3.8, 4) is 0 Å². The van der Waals surface area contributed by atoms with Crippen LogP contribution >= 0.6 is 0 Å². The van der Waals surface area contributed by atoms with Crippen LogP contribution < -0.4 is 15.1 Å². The Morgan fingerprint density at radius 1 is 0.923 bits per heavy atom. The van der Waals surface area contributed by atoms with Crippen molar-refractivity contribution in [1.29, 1.82) is 0 Å². The fourth-order valence-corrected chi connectivity index (χ4v) is 2.85. The maximum absolute atomic E-state index is 11.9. The molecule has 4 rings (SSSR count). The van der Waals surface area contributed by atoms with Gasteiger partial charge in [-0.25, -0.2) is 4.98 Å². The Kier molecular flexibility index (Phi) is 4.46. The Labute approximate surface area is 150 Å². The van der Waals surface area contributed by atoms with E-state index in [-0.39, 0.29) is 11.7 Å². The molecule has 0 aliphatic carbocycles. The summed E-state index contributed by atoms with van der Waals surface area (Å²) in [6.07, 6.45) is 3.26. The summed E-state index contributed by atoms with van der Waals surface area (Å²) in [5.74, 6) is 2.07. The smallest absolute Gasteiger partial charge is 0.292 e. The molecule has 1 N–H and O–H groups in total. The van der Waals surface area contributed by atoms with E-state index in [0.717, 1.165) is 37.8 Å². The zero-order chi connectivity index (χ0) is 17.8. The first-order valence-electron chi connectivity index (χ1n) is 8.39. The molecule has 0 spiro atoms. The molecule has 0 radical (unpaired) electrons. The van der Waals surface area contributed by atoms with Crippen LogP contribution in [0.15, 0.2) is 59.3 Å². The van der Waals surface area contributed by atoms with Crippen LogP contribution in [0.25, 0.3) is 0 Å². The third kappa shape index (κ3) is 3.49. The van der Waals surface area contributed by atoms with E-state index in [2.05, 4.69) is 30.3 Å². The fraction of sp³-hybridized carbons (Fsp3) is 0.222. The Morgan fingerprint density at radius 2 is 1.73 bits per heavy atom. The van der Waals surface area contributed by atoms with Crippen LogP contribution in [0.4, 0.5) is 17.5 Å². The number of pyridine rings is 1. The average molecular weight is 350 g/mol. The minimum Gasteiger partial charge on any atom is -0.459 e. The van der Waals surface area contributed by atoms with Gasteiger partial charge in [-0.05, 0) is 36.4 Å². The van der Waals surface area contributed by atoms with Gasteiger partial charge in [0.15, 0.2) is 17.4 Å². The molecule has 3 aromatic rings. The summed E-state index contributed by atoms with van der Waals surface area (Å²) in [5.41, 5.74) is 0. The van der Waals surface area contributed by atoms with Crippen LogP contribution in [0.1, 0.15) is 10.6 Å². The van der Waals surface area contributed by atoms with Crippen LogP contribution in [-0.2, 0) is 0 Å². The summed E-state index contributed by atoms with van der Waals surface area (Å²) >= 11 is 0. The zero-order valence-electron chi connectivity index (χ0n) is 14.1. The number of nitrogens with one attached hydrogen (secondary N) is 1. The van der Waals surface area contributed by atoms with Crippen LogP contribution in [0.2, 0.25) is 0 Å². The standard InChI is InChI=1S/C18H18N6O2/c25-18(14-4-3-13-26-14)20-15-6-7-17(22-21-15)24-11-9-23(10-12-24)16-5-1-2-8-19-16/h1-8,13H,9-12H2,(H,20,21,25). The third-order valence-electron chi connectivity index (χ3n) is 4.21. The van der Waals surface area contributed by atoms with E-state index >= 15 is 0 Å². The maximum Gasteiger partial charge on any atom is 0.292 e. The molecule has 1 aliphatic heterocycles. The van der Waals surface area contributed by atoms with Crippen molar-refractivity contribution >= 4 is 23.4 Å². The molecule has 8 nitrogen and oxygen atoms in total. The quantitative estimate of drug-likeness (QED) is 0.770. The van der Waals surface area contributed by atoms with Crippen molar-refractivity contribution in [1.82, 2.24) is 15.2 Å². The number of hydrogen-bond acceptors (Lipinski definition) is 7. The number of carbonyl (C=O) groups is 1. The fourth-order valence-electron chi connectivity index (χ4n) is 2.85. The van der Waals surface area contributed by atoms with Crippen LogP contribution in [0.3, 0.4) is 0 Å². The molecule has 4 heterocycles. The largest absolute Gasteiger partial charge is 0.459 e. The molecule has 132 valence electrons. The van der Waals surface area contributed by atoms with Gasteiger partial charge in [0.2, 0.25) is 0 Å². The highest BCUT2D eigenvalue weighted by molar-refractivity contribution is 6.01. The maximum atomic E-state index is 11.9. The van der Waals surface area contributed by atoms with Gasteiger partial charge in [0.1, 0.15) is 5.82 Å². The van der Waals surface area contributed by atoms with E-state index in [1.54, 1.807) is 18.2 Å². The number of piperazine rings is 1. The molecule has 0 unspecified atom stereocenters. The predicted octanol–water partition coefficient (Wildman–Crippen LogP) is 2.04. The van der Waals surface area contributed by atoms with E-state index in [9.17, 15) is 4.79 Å². The second-order valence-electron chi connectivity index (χ2n) is 5.87. The molecule has 0 atom stereocenters. The summed E-state index contributed by atoms with van der Waals surface area (Å²) in [5, 5.41) is 11.0. The number of nitrogens with zero attached hydrogens (tertiary/aromatic N) is 5. The summed E-state index contributed by atoms with van der Waals surface area (Å²) in [7, 11) is 0. The Morgan fingerprint density at radius 3 is 2.35 bits per heavy atom. The van der Waals surface area contributed by atoms with Crippen molar-refractivity contribution in [3.63, 3.8) is 0 Å². The summed E-state index contributed by atoms with van der Waals surface area (Å²) in [6, 6.07) is 12.8. The van der Waals surface area contributed by atoms with Crippen molar-refractivity contribution < 1.29 is 9.21 Å². The Bertz CT molecular complexity index is 843. The van der Waals surface area contributed by atoms with Crippen LogP contribution in [-0.4, -0.2) is 47.3 Å². The predicted molar refractivity (Wildman–Crippen MR) is 97.4 cm³/mol. The van der Waals surface area contributed by atoms with Gasteiger partial charge < -0.3 is 19.5 Å². The number of anilines is 3. The molecule has 0 saturated carbocycles. The topological polar surface area (TPSA) is 87.4 Å². The van der Waals surface area contributed by atoms with Gasteiger partial charge >= 0.3 is 0 Å². The minimum absolute atomic E-state index is 0.238. The molecular weight excluding hydrogens is 332 g/mol. The second-order valence-corrected chi connectivity index (χ2v) is 5.87. The Balaban J connectivity index is 1.35. The van der Waals surface area contributed by atoms with Gasteiger partial charge in [0, 0.05) is 32.4 Å². The minimum atomic E-state index is -0.346. The number of hydrogen-bond donors (Lipinski definition) is 1. The van der Waals surface area contributed by atoms with Gasteiger partial charge in [-0.15, -0.1) is 10.2 Å². The lowest BCUT2D eigenvalue weighted by Crippen LogP contribution is -2.47. The molecule has 0 bridgehead atoms. The zero-order valence-corrected chi connectivity index (χ0v) is 14.1. The Hall–Kier alpha value is -3.42. The van der Waals surface area contributed by atoms with E-state index in [1.807, 2.05) is 30.5 Å². The highest BCUT2D eigenvalue weighted by Gasteiger charge is 2.19. The highest BCUT2D eigenvalue weighted by atomic mass is 16.3. The van der Waals surface area contributed by atoms with Gasteiger partial charge in [-0.1, -0.05) is 6.07 Å². The number of carbonyl (C=O) groups excluding carboxylic acids is 1. The monoisotopic (exact) mass is 350 g/mol. The molecule has 3 aromatic heterocycles. The molecule has 1 fully saturated rings. The van der Waals surface area contributed by atoms with Crippen LogP contribution in [0, 0.1) is 0 Å². The normalized spacial score (nSPS) is 14.3. The van der Waals surface area contributed by atoms with E-state index in [0.29, 0.717) is 5.82 Å². The van der Waals surface area contributed by atoms with Gasteiger partial charge in [-0.3, -0.25) is 4.79 Å². The first kappa shape index (κ1) is 16.1.